The molecule has 0 radical (unpaired) electrons. The van der Waals surface area contributed by atoms with Gasteiger partial charge in [-0.1, -0.05) is 23.4 Å². The number of hydrogen-bond donors (Lipinski definition) is 0. The van der Waals surface area contributed by atoms with Gasteiger partial charge < -0.3 is 9.32 Å². The number of oxazole rings is 1. The highest BCUT2D eigenvalue weighted by Gasteiger charge is 2.06. The van der Waals surface area contributed by atoms with Crippen LogP contribution in [0.5, 0.6) is 0 Å². The van der Waals surface area contributed by atoms with Crippen molar-refractivity contribution in [2.75, 3.05) is 26.4 Å². The second-order valence-electron chi connectivity index (χ2n) is 3.74. The summed E-state index contributed by atoms with van der Waals surface area (Å²) in [6, 6.07) is 5.47. The summed E-state index contributed by atoms with van der Waals surface area (Å²) in [5, 5.41) is 1.39. The molecule has 1 aromatic heterocycles. The minimum absolute atomic E-state index is 0. The fourth-order valence-electron chi connectivity index (χ4n) is 1.26. The minimum atomic E-state index is 0. The van der Waals surface area contributed by atoms with Crippen LogP contribution in [0.25, 0.3) is 11.1 Å². The van der Waals surface area contributed by atoms with Crippen LogP contribution in [-0.2, 0) is 0 Å². The summed E-state index contributed by atoms with van der Waals surface area (Å²) in [6.07, 6.45) is 0. The molecule has 0 fully saturated rings. The average molecular weight is 293 g/mol. The van der Waals surface area contributed by atoms with Crippen LogP contribution >= 0.6 is 35.8 Å². The highest BCUT2D eigenvalue weighted by atomic mass is 35.5. The van der Waals surface area contributed by atoms with Crippen LogP contribution in [0.3, 0.4) is 0 Å². The van der Waals surface area contributed by atoms with Crippen molar-refractivity contribution in [3.8, 4) is 0 Å². The van der Waals surface area contributed by atoms with Gasteiger partial charge in [0.05, 0.1) is 0 Å². The Hall–Kier alpha value is -0.420. The van der Waals surface area contributed by atoms with E-state index in [1.165, 1.54) is 0 Å². The predicted molar refractivity (Wildman–Crippen MR) is 75.5 cm³/mol. The molecule has 0 saturated heterocycles. The van der Waals surface area contributed by atoms with Crippen molar-refractivity contribution >= 4 is 46.9 Å². The Morgan fingerprint density at radius 3 is 2.88 bits per heavy atom. The third kappa shape index (κ3) is 4.07. The first-order valence-corrected chi connectivity index (χ1v) is 6.35. The molecule has 0 saturated carbocycles. The molecule has 17 heavy (non-hydrogen) atoms. The molecule has 6 heteroatoms. The van der Waals surface area contributed by atoms with Crippen LogP contribution in [0.4, 0.5) is 0 Å². The molecule has 94 valence electrons. The smallest absolute Gasteiger partial charge is 0.256 e. The lowest BCUT2D eigenvalue weighted by molar-refractivity contribution is 0.435. The summed E-state index contributed by atoms with van der Waals surface area (Å²) in [6.45, 7) is 1.00. The molecular formula is C11H14Cl2N2OS. The van der Waals surface area contributed by atoms with Crippen molar-refractivity contribution in [2.24, 2.45) is 0 Å². The summed E-state index contributed by atoms with van der Waals surface area (Å²) >= 11 is 7.50. The molecule has 0 bridgehead atoms. The van der Waals surface area contributed by atoms with Crippen LogP contribution in [0.1, 0.15) is 0 Å². The van der Waals surface area contributed by atoms with Crippen LogP contribution in [0.15, 0.2) is 27.8 Å². The minimum Gasteiger partial charge on any atom is -0.431 e. The molecule has 0 atom stereocenters. The highest BCUT2D eigenvalue weighted by Crippen LogP contribution is 2.25. The van der Waals surface area contributed by atoms with Gasteiger partial charge in [-0.05, 0) is 32.3 Å². The van der Waals surface area contributed by atoms with Gasteiger partial charge >= 0.3 is 0 Å². The van der Waals surface area contributed by atoms with Crippen LogP contribution < -0.4 is 0 Å². The van der Waals surface area contributed by atoms with E-state index >= 15 is 0 Å². The van der Waals surface area contributed by atoms with Gasteiger partial charge in [0.2, 0.25) is 0 Å². The quantitative estimate of drug-likeness (QED) is 0.806. The average Bonchev–Trinajstić information content (AvgIpc) is 2.58. The molecule has 0 aliphatic rings. The van der Waals surface area contributed by atoms with E-state index in [0.29, 0.717) is 10.2 Å². The largest absolute Gasteiger partial charge is 0.431 e. The topological polar surface area (TPSA) is 29.3 Å². The Bertz CT molecular complexity index is 487. The number of fused-ring (bicyclic) bond motifs is 1. The van der Waals surface area contributed by atoms with Crippen molar-refractivity contribution in [2.45, 2.75) is 5.22 Å². The Balaban J connectivity index is 0.00000144. The molecule has 0 unspecified atom stereocenters. The molecule has 1 heterocycles. The number of rotatable bonds is 4. The van der Waals surface area contributed by atoms with Crippen LogP contribution in [0.2, 0.25) is 5.02 Å². The Morgan fingerprint density at radius 1 is 1.41 bits per heavy atom. The van der Waals surface area contributed by atoms with Crippen molar-refractivity contribution in [1.82, 2.24) is 9.88 Å². The number of hydrogen-bond acceptors (Lipinski definition) is 4. The molecule has 0 spiro atoms. The maximum absolute atomic E-state index is 5.88. The van der Waals surface area contributed by atoms with E-state index in [1.54, 1.807) is 11.8 Å². The normalized spacial score (nSPS) is 10.8. The van der Waals surface area contributed by atoms with Gasteiger partial charge in [0.1, 0.15) is 5.52 Å². The number of nitrogens with zero attached hydrogens (tertiary/aromatic N) is 2. The Kier molecular flexibility index (Phi) is 5.59. The van der Waals surface area contributed by atoms with E-state index in [4.69, 9.17) is 16.0 Å². The fraction of sp³-hybridized carbons (Fsp3) is 0.364. The van der Waals surface area contributed by atoms with E-state index in [2.05, 4.69) is 9.88 Å². The number of benzene rings is 1. The van der Waals surface area contributed by atoms with E-state index in [1.807, 2.05) is 32.3 Å². The van der Waals surface area contributed by atoms with Crippen molar-refractivity contribution < 1.29 is 4.42 Å². The molecule has 3 nitrogen and oxygen atoms in total. The number of halogens is 2. The van der Waals surface area contributed by atoms with Crippen molar-refractivity contribution in [1.29, 1.82) is 0 Å². The first-order valence-electron chi connectivity index (χ1n) is 4.99. The highest BCUT2D eigenvalue weighted by molar-refractivity contribution is 7.99. The van der Waals surface area contributed by atoms with Gasteiger partial charge in [-0.2, -0.15) is 0 Å². The van der Waals surface area contributed by atoms with Gasteiger partial charge in [-0.3, -0.25) is 0 Å². The summed E-state index contributed by atoms with van der Waals surface area (Å²) in [5.41, 5.74) is 1.61. The molecule has 0 N–H and O–H groups in total. The predicted octanol–water partition coefficient (Wildman–Crippen LogP) is 3.56. The molecule has 2 aromatic rings. The van der Waals surface area contributed by atoms with E-state index in [0.717, 1.165) is 23.4 Å². The molecule has 1 aromatic carbocycles. The van der Waals surface area contributed by atoms with Gasteiger partial charge in [-0.25, -0.2) is 4.98 Å². The molecule has 2 rings (SSSR count). The Morgan fingerprint density at radius 2 is 2.18 bits per heavy atom. The lowest BCUT2D eigenvalue weighted by Crippen LogP contribution is -2.14. The number of thioether (sulfide) groups is 1. The van der Waals surface area contributed by atoms with Gasteiger partial charge in [0.15, 0.2) is 5.58 Å². The second kappa shape index (κ2) is 6.50. The maximum atomic E-state index is 5.88. The third-order valence-electron chi connectivity index (χ3n) is 2.09. The summed E-state index contributed by atoms with van der Waals surface area (Å²) in [7, 11) is 4.10. The second-order valence-corrected chi connectivity index (χ2v) is 5.23. The van der Waals surface area contributed by atoms with Gasteiger partial charge in [-0.15, -0.1) is 12.4 Å². The first-order chi connectivity index (χ1) is 7.65. The van der Waals surface area contributed by atoms with Crippen molar-refractivity contribution in [3.63, 3.8) is 0 Å². The van der Waals surface area contributed by atoms with Gasteiger partial charge in [0, 0.05) is 17.3 Å². The molecule has 0 aliphatic heterocycles. The van der Waals surface area contributed by atoms with E-state index in [9.17, 15) is 0 Å². The summed E-state index contributed by atoms with van der Waals surface area (Å²) in [5.74, 6) is 0.966. The standard InChI is InChI=1S/C11H13ClN2OS.ClH/c1-14(2)5-6-16-11-13-9-7-8(12)3-4-10(9)15-11;/h3-4,7H,5-6H2,1-2H3;1H. The monoisotopic (exact) mass is 292 g/mol. The lowest BCUT2D eigenvalue weighted by atomic mass is 10.3. The van der Waals surface area contributed by atoms with E-state index < -0.39 is 0 Å². The fourth-order valence-corrected chi connectivity index (χ4v) is 2.37. The number of aromatic nitrogens is 1. The first kappa shape index (κ1) is 14.6. The molecular weight excluding hydrogens is 279 g/mol. The van der Waals surface area contributed by atoms with Crippen LogP contribution in [-0.4, -0.2) is 36.3 Å². The maximum Gasteiger partial charge on any atom is 0.256 e. The zero-order valence-corrected chi connectivity index (χ0v) is 12.0. The van der Waals surface area contributed by atoms with E-state index in [-0.39, 0.29) is 12.4 Å². The van der Waals surface area contributed by atoms with Crippen molar-refractivity contribution in [3.05, 3.63) is 23.2 Å². The zero-order valence-electron chi connectivity index (χ0n) is 9.64. The SMILES string of the molecule is CN(C)CCSc1nc2cc(Cl)ccc2o1.Cl. The summed E-state index contributed by atoms with van der Waals surface area (Å²) < 4.78 is 5.58. The van der Waals surface area contributed by atoms with Crippen LogP contribution in [0, 0.1) is 0 Å². The zero-order chi connectivity index (χ0) is 11.5. The lowest BCUT2D eigenvalue weighted by Gasteiger charge is -2.06. The Labute approximate surface area is 116 Å². The molecule has 0 amide bonds. The third-order valence-corrected chi connectivity index (χ3v) is 3.14. The summed E-state index contributed by atoms with van der Waals surface area (Å²) in [4.78, 5) is 6.50. The van der Waals surface area contributed by atoms with Gasteiger partial charge in [0.25, 0.3) is 5.22 Å². The molecule has 0 aliphatic carbocycles.